The molecule has 368 valence electrons. The molecule has 7 aliphatic rings. The molecular weight excluding hydrogens is 933 g/mol. The number of imide groups is 3. The molecule has 68 heavy (non-hydrogen) atoms. The van der Waals surface area contributed by atoms with E-state index in [-0.39, 0.29) is 48.7 Å². The van der Waals surface area contributed by atoms with Gasteiger partial charge in [0.2, 0.25) is 0 Å². The van der Waals surface area contributed by atoms with E-state index in [1.165, 1.54) is 16.2 Å². The number of hydrogen-bond acceptors (Lipinski definition) is 18. The maximum absolute atomic E-state index is 12.3. The van der Waals surface area contributed by atoms with E-state index in [9.17, 15) is 38.4 Å². The maximum Gasteiger partial charge on any atom is 0.560 e. The number of benzene rings is 2. The molecule has 7 saturated heterocycles. The third kappa shape index (κ3) is 13.1. The number of nitrogens with zero attached hydrogens (tertiary/aromatic N) is 8. The Labute approximate surface area is 402 Å². The summed E-state index contributed by atoms with van der Waals surface area (Å²) in [6, 6.07) is 12.2. The minimum atomic E-state index is -1.48. The summed E-state index contributed by atoms with van der Waals surface area (Å²) in [4.78, 5) is 116. The third-order valence-electron chi connectivity index (χ3n) is 11.9. The van der Waals surface area contributed by atoms with E-state index in [1.807, 2.05) is 18.2 Å². The Balaban J connectivity index is 0.000000158. The highest BCUT2D eigenvalue weighted by Crippen LogP contribution is 2.33. The molecule has 7 heterocycles. The summed E-state index contributed by atoms with van der Waals surface area (Å²) in [6.45, 7) is 14.7. The van der Waals surface area contributed by atoms with Crippen LogP contribution in [-0.4, -0.2) is 183 Å². The molecule has 0 spiro atoms. The van der Waals surface area contributed by atoms with Crippen molar-refractivity contribution in [2.45, 2.75) is 51.6 Å². The number of piperazine rings is 2. The number of halogens is 2. The van der Waals surface area contributed by atoms with Gasteiger partial charge in [-0.2, -0.15) is 4.79 Å². The first-order valence-electron chi connectivity index (χ1n) is 22.7. The van der Waals surface area contributed by atoms with Crippen LogP contribution >= 0.6 is 23.2 Å². The van der Waals surface area contributed by atoms with Gasteiger partial charge in [0.05, 0.1) is 47.8 Å². The molecule has 7 fully saturated rings. The zero-order valence-electron chi connectivity index (χ0n) is 37.6. The summed E-state index contributed by atoms with van der Waals surface area (Å²) >= 11 is 13.0. The molecule has 22 nitrogen and oxygen atoms in total. The van der Waals surface area contributed by atoms with Gasteiger partial charge < -0.3 is 34.3 Å². The number of morpholine rings is 2. The molecule has 2 aromatic carbocycles. The zero-order valence-corrected chi connectivity index (χ0v) is 39.1. The Morgan fingerprint density at radius 3 is 1.26 bits per heavy atom. The van der Waals surface area contributed by atoms with Crippen molar-refractivity contribution < 1.29 is 62.3 Å². The van der Waals surface area contributed by atoms with E-state index >= 15 is 0 Å². The van der Waals surface area contributed by atoms with Crippen LogP contribution in [-0.2, 0) is 65.8 Å². The van der Waals surface area contributed by atoms with Crippen molar-refractivity contribution in [3.8, 4) is 0 Å². The van der Waals surface area contributed by atoms with E-state index < -0.39 is 47.7 Å². The smallest absolute Gasteiger partial charge is 0.378 e. The number of anilines is 2. The van der Waals surface area contributed by atoms with Crippen LogP contribution in [0.5, 0.6) is 0 Å². The van der Waals surface area contributed by atoms with Gasteiger partial charge in [0.15, 0.2) is 0 Å². The van der Waals surface area contributed by atoms with Crippen molar-refractivity contribution >= 4 is 82.3 Å². The molecule has 1 N–H and O–H groups in total. The first-order valence-corrected chi connectivity index (χ1v) is 23.4. The summed E-state index contributed by atoms with van der Waals surface area (Å²) in [6.07, 6.45) is -2.21. The van der Waals surface area contributed by atoms with Crippen LogP contribution in [0.3, 0.4) is 0 Å². The van der Waals surface area contributed by atoms with E-state index in [0.717, 1.165) is 100.0 Å². The van der Waals surface area contributed by atoms with Crippen LogP contribution in [0, 0.1) is 0 Å². The van der Waals surface area contributed by atoms with Crippen LogP contribution in [0.1, 0.15) is 49.7 Å². The van der Waals surface area contributed by atoms with E-state index in [4.69, 9.17) is 37.5 Å². The van der Waals surface area contributed by atoms with Gasteiger partial charge >= 0.3 is 12.2 Å². The lowest BCUT2D eigenvalue weighted by Gasteiger charge is -2.36. The van der Waals surface area contributed by atoms with Gasteiger partial charge in [0.25, 0.3) is 35.4 Å². The van der Waals surface area contributed by atoms with Crippen molar-refractivity contribution in [2.24, 2.45) is 0 Å². The highest BCUT2D eigenvalue weighted by Gasteiger charge is 2.38. The fraction of sp³-hybridized carbons (Fsp3) is 0.545. The molecule has 0 saturated carbocycles. The molecule has 0 radical (unpaired) electrons. The molecule has 7 aliphatic heterocycles. The van der Waals surface area contributed by atoms with Gasteiger partial charge in [-0.3, -0.25) is 48.2 Å². The fourth-order valence-corrected chi connectivity index (χ4v) is 9.00. The number of amides is 7. The zero-order chi connectivity index (χ0) is 48.2. The number of rotatable bonds is 9. The number of nitrogens with one attached hydrogen (secondary N) is 1. The first kappa shape index (κ1) is 50.3. The Kier molecular flexibility index (Phi) is 17.8. The highest BCUT2D eigenvalue weighted by atomic mass is 35.5. The first-order chi connectivity index (χ1) is 32.9. The summed E-state index contributed by atoms with van der Waals surface area (Å²) in [5, 5.41) is 6.10. The predicted molar refractivity (Wildman–Crippen MR) is 241 cm³/mol. The maximum atomic E-state index is 12.3. The minimum absolute atomic E-state index is 0.0618. The number of hydrogen-bond donors (Lipinski definition) is 1. The second kappa shape index (κ2) is 24.1. The molecule has 24 heteroatoms. The molecule has 0 aromatic heterocycles. The minimum Gasteiger partial charge on any atom is -0.378 e. The third-order valence-corrected chi connectivity index (χ3v) is 12.6. The largest absolute Gasteiger partial charge is 0.560 e. The van der Waals surface area contributed by atoms with E-state index in [0.29, 0.717) is 44.5 Å². The second-order valence-electron chi connectivity index (χ2n) is 16.5. The molecule has 2 aromatic rings. The molecule has 0 aliphatic carbocycles. The topological polar surface area (TPSA) is 221 Å². The van der Waals surface area contributed by atoms with Crippen molar-refractivity contribution in [3.63, 3.8) is 0 Å². The van der Waals surface area contributed by atoms with Gasteiger partial charge in [0, 0.05) is 130 Å². The Bertz CT molecular complexity index is 2110. The molecule has 0 unspecified atom stereocenters. The van der Waals surface area contributed by atoms with E-state index in [1.54, 1.807) is 0 Å². The Morgan fingerprint density at radius 2 is 0.868 bits per heavy atom. The number of ether oxygens (including phenoxy) is 2. The SMILES string of the molecule is Clc1cccc(CN2CCNCC2)c1N1CCOCC1.O=C(ON1C(=O)CCC1=O)N1CCN(Cc2cccc(Cl)c2N2CCOCC2)CC1.O=C(ON1C(=O)CCC1=O)ON1C(=O)CCC1=O. The Morgan fingerprint density at radius 1 is 0.500 bits per heavy atom. The average Bonchev–Trinajstić information content (AvgIpc) is 3.96. The summed E-state index contributed by atoms with van der Waals surface area (Å²) in [5.41, 5.74) is 4.74. The van der Waals surface area contributed by atoms with Gasteiger partial charge in [-0.15, -0.1) is 5.06 Å². The van der Waals surface area contributed by atoms with Gasteiger partial charge in [-0.25, -0.2) is 4.79 Å². The highest BCUT2D eigenvalue weighted by molar-refractivity contribution is 6.33. The number of carbonyl (C=O) groups excluding carboxylic acids is 8. The average molecular weight is 989 g/mol. The van der Waals surface area contributed by atoms with Crippen LogP contribution in [0.15, 0.2) is 36.4 Å². The molecule has 0 atom stereocenters. The monoisotopic (exact) mass is 987 g/mol. The van der Waals surface area contributed by atoms with Crippen LogP contribution in [0.4, 0.5) is 21.0 Å². The van der Waals surface area contributed by atoms with Crippen molar-refractivity contribution in [2.75, 3.05) is 115 Å². The van der Waals surface area contributed by atoms with E-state index in [2.05, 4.69) is 52.8 Å². The summed E-state index contributed by atoms with van der Waals surface area (Å²) in [7, 11) is 0. The summed E-state index contributed by atoms with van der Waals surface area (Å²) in [5.74, 6) is -3.67. The molecular formula is C44H55Cl2N9O13. The molecule has 0 bridgehead atoms. The van der Waals surface area contributed by atoms with Crippen LogP contribution in [0.25, 0.3) is 0 Å². The van der Waals surface area contributed by atoms with Crippen molar-refractivity contribution in [1.29, 1.82) is 0 Å². The van der Waals surface area contributed by atoms with Gasteiger partial charge in [-0.1, -0.05) is 57.6 Å². The summed E-state index contributed by atoms with van der Waals surface area (Å²) < 4.78 is 10.9. The van der Waals surface area contributed by atoms with Crippen LogP contribution in [0.2, 0.25) is 10.0 Å². The lowest BCUT2D eigenvalue weighted by Crippen LogP contribution is -2.50. The quantitative estimate of drug-likeness (QED) is 0.357. The molecule has 7 amide bonds. The Hall–Kier alpha value is -5.62. The van der Waals surface area contributed by atoms with Gasteiger partial charge in [0.1, 0.15) is 0 Å². The van der Waals surface area contributed by atoms with Crippen LogP contribution < -0.4 is 15.1 Å². The number of hydroxylamine groups is 6. The molecule has 9 rings (SSSR count). The second-order valence-corrected chi connectivity index (χ2v) is 17.3. The van der Waals surface area contributed by atoms with Gasteiger partial charge in [-0.05, 0) is 23.3 Å². The fourth-order valence-electron chi connectivity index (χ4n) is 8.37. The predicted octanol–water partition coefficient (Wildman–Crippen LogP) is 2.34. The van der Waals surface area contributed by atoms with Crippen molar-refractivity contribution in [3.05, 3.63) is 57.6 Å². The number of carbonyl (C=O) groups is 8. The lowest BCUT2D eigenvalue weighted by atomic mass is 10.1. The standard InChI is InChI=1S/C20H25ClN4O5.C15H22ClN3O.C9H8N2O7/c21-16-3-1-2-15(19(16)23-10-12-29-13-11-23)14-22-6-8-24(9-7-22)20(28)30-25-17(26)4-5-18(25)27;16-14-3-1-2-13(12-18-6-4-17-5-7-18)15(14)19-8-10-20-11-9-19;12-5-1-2-6(13)10(5)17-9(16)18-11-7(14)3-4-8(11)15/h1-3H,4-14H2;1-3,17H,4-12H2;1-4H2. The lowest BCUT2D eigenvalue weighted by molar-refractivity contribution is -0.198. The number of para-hydroxylation sites is 2. The normalized spacial score (nSPS) is 20.6. The van der Waals surface area contributed by atoms with Crippen molar-refractivity contribution in [1.82, 2.24) is 35.2 Å².